The summed E-state index contributed by atoms with van der Waals surface area (Å²) in [6.07, 6.45) is 1.96. The van der Waals surface area contributed by atoms with Crippen LogP contribution in [0.4, 0.5) is 0 Å². The standard InChI is InChI=1S/C10H11N3.ClH/c11-7-9-2-1-8-3-5-12-6-4-10(8)13-9;/h1-2,12H,3-6H2;1H. The van der Waals surface area contributed by atoms with Crippen molar-refractivity contribution in [3.63, 3.8) is 0 Å². The van der Waals surface area contributed by atoms with Crippen LogP contribution in [0.3, 0.4) is 0 Å². The lowest BCUT2D eigenvalue weighted by atomic mass is 10.1. The van der Waals surface area contributed by atoms with Crippen LogP contribution in [0.2, 0.25) is 0 Å². The molecule has 2 heterocycles. The number of nitrogens with zero attached hydrogens (tertiary/aromatic N) is 2. The Hall–Kier alpha value is -1.11. The van der Waals surface area contributed by atoms with Crippen molar-refractivity contribution < 1.29 is 0 Å². The summed E-state index contributed by atoms with van der Waals surface area (Å²) in [5.41, 5.74) is 2.90. The zero-order chi connectivity index (χ0) is 9.10. The number of nitrogens with one attached hydrogen (secondary N) is 1. The number of fused-ring (bicyclic) bond motifs is 1. The van der Waals surface area contributed by atoms with Crippen molar-refractivity contribution in [2.24, 2.45) is 0 Å². The molecule has 0 atom stereocenters. The third-order valence-corrected chi connectivity index (χ3v) is 2.29. The number of nitriles is 1. The number of hydrogen-bond acceptors (Lipinski definition) is 3. The Labute approximate surface area is 89.6 Å². The molecule has 0 fully saturated rings. The second kappa shape index (κ2) is 4.94. The fourth-order valence-corrected chi connectivity index (χ4v) is 1.59. The molecule has 1 aromatic rings. The van der Waals surface area contributed by atoms with E-state index in [1.807, 2.05) is 6.07 Å². The molecule has 0 aliphatic carbocycles. The van der Waals surface area contributed by atoms with E-state index in [9.17, 15) is 0 Å². The minimum atomic E-state index is 0. The minimum absolute atomic E-state index is 0. The predicted molar refractivity (Wildman–Crippen MR) is 56.5 cm³/mol. The molecule has 0 amide bonds. The zero-order valence-electron chi connectivity index (χ0n) is 7.79. The van der Waals surface area contributed by atoms with E-state index in [0.717, 1.165) is 31.6 Å². The molecule has 1 aliphatic heterocycles. The van der Waals surface area contributed by atoms with Crippen LogP contribution in [0.5, 0.6) is 0 Å². The fourth-order valence-electron chi connectivity index (χ4n) is 1.59. The molecule has 0 unspecified atom stereocenters. The fraction of sp³-hybridized carbons (Fsp3) is 0.400. The normalized spacial score (nSPS) is 14.5. The van der Waals surface area contributed by atoms with Gasteiger partial charge in [0, 0.05) is 18.7 Å². The van der Waals surface area contributed by atoms with Gasteiger partial charge in [0.15, 0.2) is 0 Å². The Bertz CT molecular complexity index is 357. The maximum absolute atomic E-state index is 8.68. The number of pyridine rings is 1. The third-order valence-electron chi connectivity index (χ3n) is 2.29. The Morgan fingerprint density at radius 2 is 2.07 bits per heavy atom. The van der Waals surface area contributed by atoms with E-state index in [4.69, 9.17) is 5.26 Å². The summed E-state index contributed by atoms with van der Waals surface area (Å²) in [7, 11) is 0. The lowest BCUT2D eigenvalue weighted by molar-refractivity contribution is 0.708. The van der Waals surface area contributed by atoms with E-state index >= 15 is 0 Å². The van der Waals surface area contributed by atoms with Gasteiger partial charge in [0.05, 0.1) is 0 Å². The molecule has 4 heteroatoms. The lowest BCUT2D eigenvalue weighted by Gasteiger charge is -2.02. The van der Waals surface area contributed by atoms with E-state index in [-0.39, 0.29) is 12.4 Å². The van der Waals surface area contributed by atoms with Gasteiger partial charge in [0.25, 0.3) is 0 Å². The van der Waals surface area contributed by atoms with Crippen molar-refractivity contribution >= 4 is 12.4 Å². The van der Waals surface area contributed by atoms with Crippen LogP contribution in [-0.2, 0) is 12.8 Å². The van der Waals surface area contributed by atoms with E-state index in [1.165, 1.54) is 5.56 Å². The number of aromatic nitrogens is 1. The molecule has 74 valence electrons. The Kier molecular flexibility index (Phi) is 3.87. The summed E-state index contributed by atoms with van der Waals surface area (Å²) in [4.78, 5) is 4.29. The molecule has 1 aliphatic rings. The van der Waals surface area contributed by atoms with E-state index in [0.29, 0.717) is 5.69 Å². The smallest absolute Gasteiger partial charge is 0.140 e. The molecule has 0 aromatic carbocycles. The first-order valence-electron chi connectivity index (χ1n) is 4.50. The monoisotopic (exact) mass is 209 g/mol. The quantitative estimate of drug-likeness (QED) is 0.695. The van der Waals surface area contributed by atoms with Crippen molar-refractivity contribution in [2.75, 3.05) is 13.1 Å². The zero-order valence-corrected chi connectivity index (χ0v) is 8.60. The van der Waals surface area contributed by atoms with Gasteiger partial charge in [-0.05, 0) is 24.6 Å². The highest BCUT2D eigenvalue weighted by Crippen LogP contribution is 2.10. The number of halogens is 1. The van der Waals surface area contributed by atoms with Gasteiger partial charge in [-0.2, -0.15) is 5.26 Å². The molecule has 0 radical (unpaired) electrons. The number of hydrogen-bond donors (Lipinski definition) is 1. The molecule has 1 N–H and O–H groups in total. The maximum Gasteiger partial charge on any atom is 0.140 e. The summed E-state index contributed by atoms with van der Waals surface area (Å²) >= 11 is 0. The summed E-state index contributed by atoms with van der Waals surface area (Å²) in [6.45, 7) is 1.98. The summed E-state index contributed by atoms with van der Waals surface area (Å²) < 4.78 is 0. The van der Waals surface area contributed by atoms with Gasteiger partial charge in [0.1, 0.15) is 11.8 Å². The Balaban J connectivity index is 0.000000980. The number of rotatable bonds is 0. The van der Waals surface area contributed by atoms with Gasteiger partial charge in [-0.3, -0.25) is 0 Å². The molecular formula is C10H12ClN3. The van der Waals surface area contributed by atoms with Crippen LogP contribution >= 0.6 is 12.4 Å². The van der Waals surface area contributed by atoms with Crippen LogP contribution in [0.25, 0.3) is 0 Å². The Morgan fingerprint density at radius 3 is 2.86 bits per heavy atom. The molecular weight excluding hydrogens is 198 g/mol. The molecule has 0 saturated heterocycles. The molecule has 2 rings (SSSR count). The largest absolute Gasteiger partial charge is 0.316 e. The van der Waals surface area contributed by atoms with Gasteiger partial charge < -0.3 is 5.32 Å². The average Bonchev–Trinajstić information content (AvgIpc) is 2.41. The summed E-state index contributed by atoms with van der Waals surface area (Å²) in [5.74, 6) is 0. The predicted octanol–water partition coefficient (Wildman–Crippen LogP) is 1.06. The average molecular weight is 210 g/mol. The first-order valence-corrected chi connectivity index (χ1v) is 4.50. The van der Waals surface area contributed by atoms with Crippen molar-refractivity contribution in [1.29, 1.82) is 5.26 Å². The second-order valence-corrected chi connectivity index (χ2v) is 3.16. The van der Waals surface area contributed by atoms with E-state index in [2.05, 4.69) is 16.4 Å². The maximum atomic E-state index is 8.68. The highest BCUT2D eigenvalue weighted by molar-refractivity contribution is 5.85. The SMILES string of the molecule is Cl.N#Cc1ccc2c(n1)CCNCC2. The molecule has 0 spiro atoms. The van der Waals surface area contributed by atoms with Crippen LogP contribution < -0.4 is 5.32 Å². The first kappa shape index (κ1) is 11.0. The lowest BCUT2D eigenvalue weighted by Crippen LogP contribution is -2.16. The van der Waals surface area contributed by atoms with Crippen molar-refractivity contribution in [3.8, 4) is 6.07 Å². The van der Waals surface area contributed by atoms with Crippen molar-refractivity contribution in [1.82, 2.24) is 10.3 Å². The van der Waals surface area contributed by atoms with Crippen LogP contribution in [0.1, 0.15) is 17.0 Å². The van der Waals surface area contributed by atoms with Gasteiger partial charge in [-0.1, -0.05) is 6.07 Å². The minimum Gasteiger partial charge on any atom is -0.316 e. The third kappa shape index (κ3) is 2.22. The molecule has 1 aromatic heterocycles. The van der Waals surface area contributed by atoms with E-state index < -0.39 is 0 Å². The molecule has 0 bridgehead atoms. The van der Waals surface area contributed by atoms with Gasteiger partial charge in [-0.15, -0.1) is 12.4 Å². The topological polar surface area (TPSA) is 48.7 Å². The second-order valence-electron chi connectivity index (χ2n) is 3.16. The van der Waals surface area contributed by atoms with Crippen LogP contribution in [-0.4, -0.2) is 18.1 Å². The summed E-state index contributed by atoms with van der Waals surface area (Å²) in [5, 5.41) is 12.0. The molecule has 14 heavy (non-hydrogen) atoms. The van der Waals surface area contributed by atoms with E-state index in [1.54, 1.807) is 6.07 Å². The Morgan fingerprint density at radius 1 is 1.29 bits per heavy atom. The molecule has 3 nitrogen and oxygen atoms in total. The van der Waals surface area contributed by atoms with Gasteiger partial charge in [-0.25, -0.2) is 4.98 Å². The highest BCUT2D eigenvalue weighted by Gasteiger charge is 2.08. The van der Waals surface area contributed by atoms with Gasteiger partial charge in [0.2, 0.25) is 0 Å². The van der Waals surface area contributed by atoms with Crippen molar-refractivity contribution in [3.05, 3.63) is 29.1 Å². The van der Waals surface area contributed by atoms with Gasteiger partial charge >= 0.3 is 0 Å². The van der Waals surface area contributed by atoms with Crippen LogP contribution in [0.15, 0.2) is 12.1 Å². The molecule has 0 saturated carbocycles. The first-order chi connectivity index (χ1) is 6.40. The van der Waals surface area contributed by atoms with Crippen molar-refractivity contribution in [2.45, 2.75) is 12.8 Å². The van der Waals surface area contributed by atoms with Crippen LogP contribution in [0, 0.1) is 11.3 Å². The highest BCUT2D eigenvalue weighted by atomic mass is 35.5. The summed E-state index contributed by atoms with van der Waals surface area (Å²) in [6, 6.07) is 5.88.